The van der Waals surface area contributed by atoms with Crippen LogP contribution in [0.5, 0.6) is 0 Å². The summed E-state index contributed by atoms with van der Waals surface area (Å²) in [5.74, 6) is 6.58. The monoisotopic (exact) mass is 242 g/mol. The SMILES string of the molecule is CC#CCC(C)c1ccc(Br)s1. The molecule has 1 unspecified atom stereocenters. The van der Waals surface area contributed by atoms with Crippen LogP contribution in [0.25, 0.3) is 0 Å². The molecule has 0 N–H and O–H groups in total. The molecular weight excluding hydrogens is 232 g/mol. The van der Waals surface area contributed by atoms with E-state index in [0.29, 0.717) is 5.92 Å². The summed E-state index contributed by atoms with van der Waals surface area (Å²) in [6, 6.07) is 4.26. The summed E-state index contributed by atoms with van der Waals surface area (Å²) in [7, 11) is 0. The zero-order chi connectivity index (χ0) is 8.97. The standard InChI is InChI=1S/C10H11BrS/c1-3-4-5-8(2)9-6-7-10(11)12-9/h6-8H,5H2,1-2H3. The van der Waals surface area contributed by atoms with Gasteiger partial charge in [-0.3, -0.25) is 0 Å². The lowest BCUT2D eigenvalue weighted by Gasteiger charge is -2.02. The molecule has 0 aliphatic rings. The number of halogens is 1. The maximum Gasteiger partial charge on any atom is 0.0701 e. The highest BCUT2D eigenvalue weighted by Crippen LogP contribution is 2.29. The van der Waals surface area contributed by atoms with Crippen molar-refractivity contribution in [3.05, 3.63) is 20.8 Å². The van der Waals surface area contributed by atoms with Gasteiger partial charge in [-0.05, 0) is 35.0 Å². The minimum absolute atomic E-state index is 0.564. The molecular formula is C10H11BrS. The van der Waals surface area contributed by atoms with Crippen LogP contribution in [0.2, 0.25) is 0 Å². The van der Waals surface area contributed by atoms with E-state index in [9.17, 15) is 0 Å². The predicted molar refractivity (Wildman–Crippen MR) is 58.5 cm³/mol. The van der Waals surface area contributed by atoms with Crippen molar-refractivity contribution in [3.8, 4) is 11.8 Å². The Hall–Kier alpha value is -0.260. The van der Waals surface area contributed by atoms with Crippen molar-refractivity contribution in [3.63, 3.8) is 0 Å². The van der Waals surface area contributed by atoms with Crippen LogP contribution in [0.1, 0.15) is 31.1 Å². The molecule has 2 heteroatoms. The molecule has 1 heterocycles. The minimum atomic E-state index is 0.564. The van der Waals surface area contributed by atoms with Gasteiger partial charge in [0.05, 0.1) is 3.79 Å². The molecule has 0 aromatic carbocycles. The van der Waals surface area contributed by atoms with Crippen LogP contribution in [0.4, 0.5) is 0 Å². The second-order valence-corrected chi connectivity index (χ2v) is 5.17. The molecule has 0 nitrogen and oxygen atoms in total. The average Bonchev–Trinajstić information content (AvgIpc) is 2.47. The molecule has 1 rings (SSSR count). The maximum absolute atomic E-state index is 3.45. The first kappa shape index (κ1) is 9.83. The van der Waals surface area contributed by atoms with E-state index in [-0.39, 0.29) is 0 Å². The van der Waals surface area contributed by atoms with Gasteiger partial charge >= 0.3 is 0 Å². The Balaban J connectivity index is 2.62. The van der Waals surface area contributed by atoms with E-state index in [4.69, 9.17) is 0 Å². The molecule has 12 heavy (non-hydrogen) atoms. The van der Waals surface area contributed by atoms with Gasteiger partial charge in [-0.1, -0.05) is 6.92 Å². The first-order valence-electron chi connectivity index (χ1n) is 3.89. The fraction of sp³-hybridized carbons (Fsp3) is 0.400. The summed E-state index contributed by atoms with van der Waals surface area (Å²) in [6.07, 6.45) is 0.962. The van der Waals surface area contributed by atoms with Crippen LogP contribution < -0.4 is 0 Å². The van der Waals surface area contributed by atoms with Gasteiger partial charge < -0.3 is 0 Å². The van der Waals surface area contributed by atoms with Crippen molar-refractivity contribution in [2.75, 3.05) is 0 Å². The van der Waals surface area contributed by atoms with Gasteiger partial charge in [0.1, 0.15) is 0 Å². The normalized spacial score (nSPS) is 11.9. The molecule has 0 bridgehead atoms. The number of rotatable bonds is 2. The topological polar surface area (TPSA) is 0 Å². The highest BCUT2D eigenvalue weighted by molar-refractivity contribution is 9.11. The number of hydrogen-bond acceptors (Lipinski definition) is 1. The first-order valence-corrected chi connectivity index (χ1v) is 5.50. The van der Waals surface area contributed by atoms with E-state index >= 15 is 0 Å². The van der Waals surface area contributed by atoms with E-state index < -0.39 is 0 Å². The average molecular weight is 243 g/mol. The zero-order valence-electron chi connectivity index (χ0n) is 7.23. The smallest absolute Gasteiger partial charge is 0.0701 e. The van der Waals surface area contributed by atoms with Crippen molar-refractivity contribution in [2.45, 2.75) is 26.2 Å². The van der Waals surface area contributed by atoms with Crippen LogP contribution in [0, 0.1) is 11.8 Å². The van der Waals surface area contributed by atoms with Gasteiger partial charge in [0.25, 0.3) is 0 Å². The van der Waals surface area contributed by atoms with Crippen molar-refractivity contribution in [1.82, 2.24) is 0 Å². The lowest BCUT2D eigenvalue weighted by molar-refractivity contribution is 0.814. The molecule has 0 saturated carbocycles. The third-order valence-corrected chi connectivity index (χ3v) is 3.52. The summed E-state index contributed by atoms with van der Waals surface area (Å²) in [4.78, 5) is 1.41. The summed E-state index contributed by atoms with van der Waals surface area (Å²) in [5, 5.41) is 0. The lowest BCUT2D eigenvalue weighted by Crippen LogP contribution is -1.86. The molecule has 0 saturated heterocycles. The van der Waals surface area contributed by atoms with Crippen molar-refractivity contribution in [2.24, 2.45) is 0 Å². The van der Waals surface area contributed by atoms with Crippen LogP contribution >= 0.6 is 27.3 Å². The quantitative estimate of drug-likeness (QED) is 0.688. The van der Waals surface area contributed by atoms with E-state index in [1.807, 2.05) is 6.92 Å². The van der Waals surface area contributed by atoms with Gasteiger partial charge in [0.15, 0.2) is 0 Å². The Kier molecular flexibility index (Phi) is 3.84. The second-order valence-electron chi connectivity index (χ2n) is 2.67. The Morgan fingerprint density at radius 1 is 1.58 bits per heavy atom. The fourth-order valence-corrected chi connectivity index (χ4v) is 2.42. The fourth-order valence-electron chi connectivity index (χ4n) is 0.949. The summed E-state index contributed by atoms with van der Waals surface area (Å²) in [5.41, 5.74) is 0. The number of thiophene rings is 1. The Labute approximate surface area is 86.1 Å². The zero-order valence-corrected chi connectivity index (χ0v) is 9.63. The van der Waals surface area contributed by atoms with Crippen molar-refractivity contribution in [1.29, 1.82) is 0 Å². The lowest BCUT2D eigenvalue weighted by atomic mass is 10.1. The summed E-state index contributed by atoms with van der Waals surface area (Å²) in [6.45, 7) is 4.10. The molecule has 0 aliphatic heterocycles. The van der Waals surface area contributed by atoms with Gasteiger partial charge in [-0.2, -0.15) is 0 Å². The van der Waals surface area contributed by atoms with Crippen LogP contribution in [-0.2, 0) is 0 Å². The Bertz CT molecular complexity index is 303. The van der Waals surface area contributed by atoms with Crippen LogP contribution in [0.3, 0.4) is 0 Å². The highest BCUT2D eigenvalue weighted by Gasteiger charge is 2.05. The molecule has 1 aromatic rings. The molecule has 1 aromatic heterocycles. The van der Waals surface area contributed by atoms with E-state index in [1.54, 1.807) is 11.3 Å². The predicted octanol–water partition coefficient (Wildman–Crippen LogP) is 4.03. The molecule has 1 atom stereocenters. The third-order valence-electron chi connectivity index (χ3n) is 1.66. The van der Waals surface area contributed by atoms with Gasteiger partial charge in [-0.15, -0.1) is 23.2 Å². The molecule has 0 amide bonds. The number of hydrogen-bond donors (Lipinski definition) is 0. The second kappa shape index (κ2) is 4.69. The van der Waals surface area contributed by atoms with Gasteiger partial charge in [-0.25, -0.2) is 0 Å². The van der Waals surface area contributed by atoms with Crippen molar-refractivity contribution < 1.29 is 0 Å². The van der Waals surface area contributed by atoms with Crippen LogP contribution in [-0.4, -0.2) is 0 Å². The molecule has 0 aliphatic carbocycles. The molecule has 0 radical (unpaired) electrons. The first-order chi connectivity index (χ1) is 5.74. The highest BCUT2D eigenvalue weighted by atomic mass is 79.9. The molecule has 64 valence electrons. The summed E-state index contributed by atoms with van der Waals surface area (Å²) >= 11 is 5.25. The van der Waals surface area contributed by atoms with Crippen LogP contribution in [0.15, 0.2) is 15.9 Å². The minimum Gasteiger partial charge on any atom is -0.133 e. The molecule has 0 fully saturated rings. The molecule has 0 spiro atoms. The van der Waals surface area contributed by atoms with Gasteiger partial charge in [0, 0.05) is 17.2 Å². The largest absolute Gasteiger partial charge is 0.133 e. The van der Waals surface area contributed by atoms with E-state index in [0.717, 1.165) is 6.42 Å². The van der Waals surface area contributed by atoms with E-state index in [1.165, 1.54) is 8.66 Å². The van der Waals surface area contributed by atoms with E-state index in [2.05, 4.69) is 46.8 Å². The third kappa shape index (κ3) is 2.66. The maximum atomic E-state index is 3.45. The Morgan fingerprint density at radius 2 is 2.33 bits per heavy atom. The summed E-state index contributed by atoms with van der Waals surface area (Å²) < 4.78 is 1.20. The van der Waals surface area contributed by atoms with Crippen molar-refractivity contribution >= 4 is 27.3 Å². The van der Waals surface area contributed by atoms with Gasteiger partial charge in [0.2, 0.25) is 0 Å². The Morgan fingerprint density at radius 3 is 2.83 bits per heavy atom.